The number of nitrogens with one attached hydrogen (secondary N) is 1. The van der Waals surface area contributed by atoms with Crippen LogP contribution in [0.15, 0.2) is 29.8 Å². The summed E-state index contributed by atoms with van der Waals surface area (Å²) < 4.78 is 0. The Labute approximate surface area is 103 Å². The molecule has 0 unspecified atom stereocenters. The summed E-state index contributed by atoms with van der Waals surface area (Å²) in [4.78, 5) is 15.9. The number of pyridine rings is 1. The van der Waals surface area contributed by atoms with Gasteiger partial charge in [0.1, 0.15) is 5.82 Å². The fourth-order valence-electron chi connectivity index (χ4n) is 1.38. The van der Waals surface area contributed by atoms with E-state index in [1.165, 1.54) is 16.6 Å². The average molecular weight is 248 g/mol. The zero-order chi connectivity index (χ0) is 12.3. The summed E-state index contributed by atoms with van der Waals surface area (Å²) in [6.07, 6.45) is 1.35. The molecular formula is C12H12N2O2S. The summed E-state index contributed by atoms with van der Waals surface area (Å²) in [6, 6.07) is 5.29. The lowest BCUT2D eigenvalue weighted by Gasteiger charge is -2.04. The van der Waals surface area contributed by atoms with Crippen molar-refractivity contribution in [3.05, 3.63) is 45.8 Å². The minimum absolute atomic E-state index is 0.197. The fourth-order valence-corrected chi connectivity index (χ4v) is 2.23. The third kappa shape index (κ3) is 2.82. The summed E-state index contributed by atoms with van der Waals surface area (Å²) in [5.41, 5.74) is 1.45. The van der Waals surface area contributed by atoms with E-state index in [0.29, 0.717) is 12.4 Å². The van der Waals surface area contributed by atoms with E-state index in [1.54, 1.807) is 23.5 Å². The summed E-state index contributed by atoms with van der Waals surface area (Å²) in [6.45, 7) is 2.78. The van der Waals surface area contributed by atoms with Crippen LogP contribution < -0.4 is 5.32 Å². The maximum atomic E-state index is 10.6. The lowest BCUT2D eigenvalue weighted by Crippen LogP contribution is -2.02. The molecule has 0 atom stereocenters. The summed E-state index contributed by atoms with van der Waals surface area (Å²) >= 11 is 1.69. The monoisotopic (exact) mass is 248 g/mol. The Morgan fingerprint density at radius 3 is 2.82 bits per heavy atom. The van der Waals surface area contributed by atoms with Crippen molar-refractivity contribution >= 4 is 23.1 Å². The number of hydrogen-bond acceptors (Lipinski definition) is 4. The van der Waals surface area contributed by atoms with Gasteiger partial charge in [-0.1, -0.05) is 0 Å². The number of carboxylic acid groups (broad SMARTS) is 1. The van der Waals surface area contributed by atoms with Crippen LogP contribution in [-0.4, -0.2) is 16.1 Å². The van der Waals surface area contributed by atoms with Gasteiger partial charge in [-0.15, -0.1) is 11.3 Å². The standard InChI is InChI=1S/C12H12N2O2S/c1-8-4-5-17-10(8)7-14-11-3-2-9(6-13-11)12(15)16/h2-6H,7H2,1H3,(H,13,14)(H,15,16). The molecule has 0 saturated carbocycles. The largest absolute Gasteiger partial charge is 0.478 e. The maximum Gasteiger partial charge on any atom is 0.337 e. The second kappa shape index (κ2) is 4.97. The van der Waals surface area contributed by atoms with Crippen molar-refractivity contribution in [1.82, 2.24) is 4.98 Å². The zero-order valence-electron chi connectivity index (χ0n) is 9.30. The van der Waals surface area contributed by atoms with E-state index in [-0.39, 0.29) is 5.56 Å². The summed E-state index contributed by atoms with van der Waals surface area (Å²) in [5, 5.41) is 13.9. The molecule has 17 heavy (non-hydrogen) atoms. The zero-order valence-corrected chi connectivity index (χ0v) is 10.1. The van der Waals surface area contributed by atoms with Gasteiger partial charge in [0.15, 0.2) is 0 Å². The van der Waals surface area contributed by atoms with Crippen molar-refractivity contribution < 1.29 is 9.90 Å². The normalized spacial score (nSPS) is 10.2. The molecule has 2 aromatic rings. The maximum absolute atomic E-state index is 10.6. The van der Waals surface area contributed by atoms with Gasteiger partial charge in [0, 0.05) is 11.1 Å². The molecule has 2 heterocycles. The first kappa shape index (κ1) is 11.6. The van der Waals surface area contributed by atoms with Crippen molar-refractivity contribution in [2.75, 3.05) is 5.32 Å². The molecule has 0 radical (unpaired) electrons. The average Bonchev–Trinajstić information content (AvgIpc) is 2.73. The highest BCUT2D eigenvalue weighted by atomic mass is 32.1. The van der Waals surface area contributed by atoms with Crippen LogP contribution >= 0.6 is 11.3 Å². The van der Waals surface area contributed by atoms with E-state index >= 15 is 0 Å². The number of rotatable bonds is 4. The van der Waals surface area contributed by atoms with Gasteiger partial charge in [-0.05, 0) is 36.1 Å². The predicted octanol–water partition coefficient (Wildman–Crippen LogP) is 2.76. The van der Waals surface area contributed by atoms with E-state index in [1.807, 2.05) is 5.38 Å². The Morgan fingerprint density at radius 1 is 1.47 bits per heavy atom. The summed E-state index contributed by atoms with van der Waals surface area (Å²) in [7, 11) is 0. The van der Waals surface area contributed by atoms with Gasteiger partial charge in [-0.25, -0.2) is 9.78 Å². The fraction of sp³-hybridized carbons (Fsp3) is 0.167. The third-order valence-electron chi connectivity index (χ3n) is 2.41. The number of nitrogens with zero attached hydrogens (tertiary/aromatic N) is 1. The minimum atomic E-state index is -0.960. The highest BCUT2D eigenvalue weighted by molar-refractivity contribution is 7.10. The molecule has 0 fully saturated rings. The van der Waals surface area contributed by atoms with Crippen LogP contribution in [0.5, 0.6) is 0 Å². The quantitative estimate of drug-likeness (QED) is 0.873. The van der Waals surface area contributed by atoms with Crippen LogP contribution in [0.4, 0.5) is 5.82 Å². The Bertz CT molecular complexity index is 520. The van der Waals surface area contributed by atoms with Crippen LogP contribution in [-0.2, 0) is 6.54 Å². The van der Waals surface area contributed by atoms with Crippen LogP contribution in [0, 0.1) is 6.92 Å². The van der Waals surface area contributed by atoms with E-state index < -0.39 is 5.97 Å². The van der Waals surface area contributed by atoms with Crippen LogP contribution in [0.25, 0.3) is 0 Å². The van der Waals surface area contributed by atoms with Crippen molar-refractivity contribution in [3.63, 3.8) is 0 Å². The molecule has 5 heteroatoms. The Morgan fingerprint density at radius 2 is 2.29 bits per heavy atom. The molecule has 2 N–H and O–H groups in total. The highest BCUT2D eigenvalue weighted by Gasteiger charge is 2.03. The number of hydrogen-bond donors (Lipinski definition) is 2. The summed E-state index contributed by atoms with van der Waals surface area (Å²) in [5.74, 6) is -0.277. The van der Waals surface area contributed by atoms with Crippen molar-refractivity contribution in [2.45, 2.75) is 13.5 Å². The molecule has 0 aliphatic heterocycles. The van der Waals surface area contributed by atoms with Crippen LogP contribution in [0.2, 0.25) is 0 Å². The van der Waals surface area contributed by atoms with Gasteiger partial charge in [0.2, 0.25) is 0 Å². The molecule has 0 spiro atoms. The van der Waals surface area contributed by atoms with Crippen LogP contribution in [0.1, 0.15) is 20.8 Å². The van der Waals surface area contributed by atoms with Gasteiger partial charge in [0.25, 0.3) is 0 Å². The van der Waals surface area contributed by atoms with Gasteiger partial charge in [-0.3, -0.25) is 0 Å². The molecule has 2 aromatic heterocycles. The van der Waals surface area contributed by atoms with Gasteiger partial charge in [0.05, 0.1) is 12.1 Å². The molecule has 0 aliphatic rings. The van der Waals surface area contributed by atoms with Gasteiger partial charge < -0.3 is 10.4 Å². The molecular weight excluding hydrogens is 236 g/mol. The molecule has 88 valence electrons. The first-order valence-electron chi connectivity index (χ1n) is 5.13. The molecule has 0 saturated heterocycles. The Hall–Kier alpha value is -1.88. The minimum Gasteiger partial charge on any atom is -0.478 e. The lowest BCUT2D eigenvalue weighted by atomic mass is 10.3. The van der Waals surface area contributed by atoms with E-state index in [4.69, 9.17) is 5.11 Å². The second-order valence-corrected chi connectivity index (χ2v) is 4.62. The molecule has 4 nitrogen and oxygen atoms in total. The third-order valence-corrected chi connectivity index (χ3v) is 3.43. The van der Waals surface area contributed by atoms with Gasteiger partial charge >= 0.3 is 5.97 Å². The number of anilines is 1. The van der Waals surface area contributed by atoms with Crippen molar-refractivity contribution in [2.24, 2.45) is 0 Å². The predicted molar refractivity (Wildman–Crippen MR) is 67.6 cm³/mol. The van der Waals surface area contributed by atoms with Crippen molar-refractivity contribution in [1.29, 1.82) is 0 Å². The van der Waals surface area contributed by atoms with E-state index in [0.717, 1.165) is 0 Å². The Balaban J connectivity index is 2.00. The lowest BCUT2D eigenvalue weighted by molar-refractivity contribution is 0.0696. The molecule has 2 rings (SSSR count). The SMILES string of the molecule is Cc1ccsc1CNc1ccc(C(=O)O)cn1. The first-order chi connectivity index (χ1) is 8.16. The van der Waals surface area contributed by atoms with Crippen LogP contribution in [0.3, 0.4) is 0 Å². The number of thiophene rings is 1. The molecule has 0 amide bonds. The number of carbonyl (C=O) groups is 1. The topological polar surface area (TPSA) is 62.2 Å². The molecule has 0 aliphatic carbocycles. The second-order valence-electron chi connectivity index (χ2n) is 3.62. The number of carboxylic acids is 1. The molecule has 0 bridgehead atoms. The van der Waals surface area contributed by atoms with E-state index in [2.05, 4.69) is 23.3 Å². The number of aromatic carboxylic acids is 1. The highest BCUT2D eigenvalue weighted by Crippen LogP contribution is 2.16. The smallest absolute Gasteiger partial charge is 0.337 e. The van der Waals surface area contributed by atoms with E-state index in [9.17, 15) is 4.79 Å². The number of aromatic nitrogens is 1. The van der Waals surface area contributed by atoms with Crippen molar-refractivity contribution in [3.8, 4) is 0 Å². The first-order valence-corrected chi connectivity index (χ1v) is 6.01. The number of aryl methyl sites for hydroxylation is 1. The Kier molecular flexibility index (Phi) is 3.39. The molecule has 0 aromatic carbocycles. The van der Waals surface area contributed by atoms with Gasteiger partial charge in [-0.2, -0.15) is 0 Å².